The normalized spacial score (nSPS) is 9.91. The number of ether oxygens (including phenoxy) is 2. The van der Waals surface area contributed by atoms with Crippen molar-refractivity contribution in [2.45, 2.75) is 6.92 Å². The molecule has 0 saturated heterocycles. The van der Waals surface area contributed by atoms with E-state index in [4.69, 9.17) is 21.1 Å². The summed E-state index contributed by atoms with van der Waals surface area (Å²) >= 11 is 5.83. The van der Waals surface area contributed by atoms with Gasteiger partial charge < -0.3 is 9.47 Å². The summed E-state index contributed by atoms with van der Waals surface area (Å²) in [6.45, 7) is 2.00. The van der Waals surface area contributed by atoms with E-state index in [2.05, 4.69) is 5.32 Å². The van der Waals surface area contributed by atoms with E-state index in [9.17, 15) is 9.59 Å². The summed E-state index contributed by atoms with van der Waals surface area (Å²) in [4.78, 5) is 23.4. The SMILES string of the molecule is CCOC(=O)c1cccc(OC(=O)Nc2cccc(Cl)c2)c1. The van der Waals surface area contributed by atoms with E-state index in [1.54, 1.807) is 49.4 Å². The molecule has 114 valence electrons. The molecule has 0 heterocycles. The first-order valence-electron chi connectivity index (χ1n) is 6.60. The number of anilines is 1. The van der Waals surface area contributed by atoms with Crippen molar-refractivity contribution in [3.8, 4) is 5.75 Å². The van der Waals surface area contributed by atoms with Gasteiger partial charge in [-0.25, -0.2) is 9.59 Å². The number of amides is 1. The number of rotatable bonds is 4. The molecule has 0 bridgehead atoms. The molecule has 0 aliphatic heterocycles. The van der Waals surface area contributed by atoms with Crippen molar-refractivity contribution in [1.29, 1.82) is 0 Å². The van der Waals surface area contributed by atoms with Gasteiger partial charge in [-0.15, -0.1) is 0 Å². The third-order valence-electron chi connectivity index (χ3n) is 2.63. The van der Waals surface area contributed by atoms with Gasteiger partial charge >= 0.3 is 12.1 Å². The van der Waals surface area contributed by atoms with Gasteiger partial charge in [0.05, 0.1) is 12.2 Å². The summed E-state index contributed by atoms with van der Waals surface area (Å²) in [6, 6.07) is 12.9. The summed E-state index contributed by atoms with van der Waals surface area (Å²) in [5.41, 5.74) is 0.828. The molecule has 0 aliphatic carbocycles. The van der Waals surface area contributed by atoms with Gasteiger partial charge in [0.1, 0.15) is 5.75 Å². The molecular weight excluding hydrogens is 306 g/mol. The van der Waals surface area contributed by atoms with Gasteiger partial charge in [0.25, 0.3) is 0 Å². The smallest absolute Gasteiger partial charge is 0.417 e. The highest BCUT2D eigenvalue weighted by molar-refractivity contribution is 6.30. The Morgan fingerprint density at radius 2 is 1.91 bits per heavy atom. The zero-order chi connectivity index (χ0) is 15.9. The molecule has 2 aromatic rings. The lowest BCUT2D eigenvalue weighted by molar-refractivity contribution is 0.0526. The zero-order valence-corrected chi connectivity index (χ0v) is 12.6. The van der Waals surface area contributed by atoms with Crippen LogP contribution in [0, 0.1) is 0 Å². The molecule has 5 nitrogen and oxygen atoms in total. The molecule has 0 spiro atoms. The lowest BCUT2D eigenvalue weighted by Crippen LogP contribution is -2.17. The van der Waals surface area contributed by atoms with Crippen LogP contribution in [0.15, 0.2) is 48.5 Å². The van der Waals surface area contributed by atoms with Crippen molar-refractivity contribution in [1.82, 2.24) is 0 Å². The topological polar surface area (TPSA) is 64.6 Å². The van der Waals surface area contributed by atoms with Crippen LogP contribution in [0.5, 0.6) is 5.75 Å². The van der Waals surface area contributed by atoms with E-state index < -0.39 is 12.1 Å². The molecule has 0 radical (unpaired) electrons. The van der Waals surface area contributed by atoms with Crippen LogP contribution in [0.2, 0.25) is 5.02 Å². The largest absolute Gasteiger partial charge is 0.462 e. The standard InChI is InChI=1S/C16H14ClNO4/c1-2-21-15(19)11-5-3-8-14(9-11)22-16(20)18-13-7-4-6-12(17)10-13/h3-10H,2H2,1H3,(H,18,20). The molecular formula is C16H14ClNO4. The minimum Gasteiger partial charge on any atom is -0.462 e. The van der Waals surface area contributed by atoms with E-state index in [1.165, 1.54) is 6.07 Å². The molecule has 0 fully saturated rings. The van der Waals surface area contributed by atoms with Crippen LogP contribution in [0.4, 0.5) is 10.5 Å². The molecule has 0 aromatic heterocycles. The lowest BCUT2D eigenvalue weighted by atomic mass is 10.2. The Bertz CT molecular complexity index is 687. The monoisotopic (exact) mass is 319 g/mol. The Labute approximate surface area is 132 Å². The second kappa shape index (κ2) is 7.47. The average molecular weight is 320 g/mol. The van der Waals surface area contributed by atoms with Crippen molar-refractivity contribution < 1.29 is 19.1 Å². The minimum atomic E-state index is -0.678. The fourth-order valence-electron chi connectivity index (χ4n) is 1.72. The summed E-state index contributed by atoms with van der Waals surface area (Å²) in [5, 5.41) is 3.05. The summed E-state index contributed by atoms with van der Waals surface area (Å²) in [5.74, 6) is -0.228. The van der Waals surface area contributed by atoms with Crippen molar-refractivity contribution in [3.63, 3.8) is 0 Å². The summed E-state index contributed by atoms with van der Waals surface area (Å²) in [6.07, 6.45) is -0.678. The Kier molecular flexibility index (Phi) is 5.38. The second-order valence-electron chi connectivity index (χ2n) is 4.27. The van der Waals surface area contributed by atoms with Crippen LogP contribution < -0.4 is 10.1 Å². The first-order chi connectivity index (χ1) is 10.6. The Morgan fingerprint density at radius 1 is 1.14 bits per heavy atom. The predicted octanol–water partition coefficient (Wildman–Crippen LogP) is 4.13. The van der Waals surface area contributed by atoms with E-state index in [0.29, 0.717) is 16.3 Å². The van der Waals surface area contributed by atoms with Crippen molar-refractivity contribution in [3.05, 3.63) is 59.1 Å². The van der Waals surface area contributed by atoms with Crippen LogP contribution in [-0.4, -0.2) is 18.7 Å². The number of benzene rings is 2. The van der Waals surface area contributed by atoms with Gasteiger partial charge in [-0.3, -0.25) is 5.32 Å². The Hall–Kier alpha value is -2.53. The minimum absolute atomic E-state index is 0.241. The molecule has 0 atom stereocenters. The van der Waals surface area contributed by atoms with Crippen molar-refractivity contribution >= 4 is 29.4 Å². The number of halogens is 1. The third kappa shape index (κ3) is 4.49. The predicted molar refractivity (Wildman–Crippen MR) is 83.5 cm³/mol. The number of nitrogens with one attached hydrogen (secondary N) is 1. The first kappa shape index (κ1) is 15.9. The van der Waals surface area contributed by atoms with Gasteiger partial charge in [-0.1, -0.05) is 23.7 Å². The van der Waals surface area contributed by atoms with E-state index in [0.717, 1.165) is 0 Å². The second-order valence-corrected chi connectivity index (χ2v) is 4.71. The summed E-state index contributed by atoms with van der Waals surface area (Å²) < 4.78 is 10.0. The number of hydrogen-bond donors (Lipinski definition) is 1. The highest BCUT2D eigenvalue weighted by Crippen LogP contribution is 2.17. The molecule has 0 unspecified atom stereocenters. The highest BCUT2D eigenvalue weighted by Gasteiger charge is 2.10. The van der Waals surface area contributed by atoms with E-state index >= 15 is 0 Å². The third-order valence-corrected chi connectivity index (χ3v) is 2.86. The molecule has 6 heteroatoms. The van der Waals surface area contributed by atoms with Gasteiger partial charge in [0.15, 0.2) is 0 Å². The van der Waals surface area contributed by atoms with Crippen LogP contribution in [0.3, 0.4) is 0 Å². The maximum Gasteiger partial charge on any atom is 0.417 e. The lowest BCUT2D eigenvalue weighted by Gasteiger charge is -2.08. The number of carbonyl (C=O) groups excluding carboxylic acids is 2. The fourth-order valence-corrected chi connectivity index (χ4v) is 1.91. The number of esters is 1. The Morgan fingerprint density at radius 3 is 2.64 bits per heavy atom. The molecule has 0 saturated carbocycles. The fraction of sp³-hybridized carbons (Fsp3) is 0.125. The van der Waals surface area contributed by atoms with Crippen molar-refractivity contribution in [2.75, 3.05) is 11.9 Å². The van der Waals surface area contributed by atoms with Gasteiger partial charge in [-0.2, -0.15) is 0 Å². The molecule has 0 aliphatic rings. The van der Waals surface area contributed by atoms with E-state index in [1.807, 2.05) is 0 Å². The maximum absolute atomic E-state index is 11.8. The number of hydrogen-bond acceptors (Lipinski definition) is 4. The molecule has 22 heavy (non-hydrogen) atoms. The molecule has 2 rings (SSSR count). The van der Waals surface area contributed by atoms with Gasteiger partial charge in [0, 0.05) is 10.7 Å². The van der Waals surface area contributed by atoms with Crippen LogP contribution in [-0.2, 0) is 4.74 Å². The Balaban J connectivity index is 2.02. The van der Waals surface area contributed by atoms with Crippen LogP contribution in [0.25, 0.3) is 0 Å². The number of carbonyl (C=O) groups is 2. The quantitative estimate of drug-likeness (QED) is 0.861. The van der Waals surface area contributed by atoms with E-state index in [-0.39, 0.29) is 12.4 Å². The van der Waals surface area contributed by atoms with Gasteiger partial charge in [0.2, 0.25) is 0 Å². The summed E-state index contributed by atoms with van der Waals surface area (Å²) in [7, 11) is 0. The molecule has 1 amide bonds. The first-order valence-corrected chi connectivity index (χ1v) is 6.98. The molecule has 1 N–H and O–H groups in total. The average Bonchev–Trinajstić information content (AvgIpc) is 2.47. The highest BCUT2D eigenvalue weighted by atomic mass is 35.5. The van der Waals surface area contributed by atoms with Crippen LogP contribution in [0.1, 0.15) is 17.3 Å². The zero-order valence-electron chi connectivity index (χ0n) is 11.8. The maximum atomic E-state index is 11.8. The van der Waals surface area contributed by atoms with Crippen molar-refractivity contribution in [2.24, 2.45) is 0 Å². The van der Waals surface area contributed by atoms with Gasteiger partial charge in [-0.05, 0) is 43.3 Å². The van der Waals surface area contributed by atoms with Crippen LogP contribution >= 0.6 is 11.6 Å². The molecule has 2 aromatic carbocycles.